The van der Waals surface area contributed by atoms with Gasteiger partial charge in [0.2, 0.25) is 0 Å². The molecule has 1 aliphatic heterocycles. The molecule has 0 amide bonds. The minimum Gasteiger partial charge on any atom is -0.310 e. The van der Waals surface area contributed by atoms with E-state index in [-0.39, 0.29) is 0 Å². The van der Waals surface area contributed by atoms with Crippen LogP contribution in [0.2, 0.25) is 0 Å². The summed E-state index contributed by atoms with van der Waals surface area (Å²) >= 11 is 1.83. The Morgan fingerprint density at radius 2 is 2.05 bits per heavy atom. The Bertz CT molecular complexity index is 440. The first kappa shape index (κ1) is 15.5. The summed E-state index contributed by atoms with van der Waals surface area (Å²) in [6.07, 6.45) is 6.99. The van der Waals surface area contributed by atoms with Gasteiger partial charge in [-0.05, 0) is 40.6 Å². The molecule has 1 unspecified atom stereocenters. The average molecular weight is 307 g/mol. The van der Waals surface area contributed by atoms with Crippen molar-refractivity contribution in [3.8, 4) is 0 Å². The van der Waals surface area contributed by atoms with Gasteiger partial charge in [0.05, 0.1) is 0 Å². The van der Waals surface area contributed by atoms with Gasteiger partial charge in [0.1, 0.15) is 0 Å². The Labute approximate surface area is 133 Å². The van der Waals surface area contributed by atoms with E-state index in [0.29, 0.717) is 17.0 Å². The highest BCUT2D eigenvalue weighted by Crippen LogP contribution is 2.38. The lowest BCUT2D eigenvalue weighted by Gasteiger charge is -2.54. The zero-order valence-corrected chi connectivity index (χ0v) is 14.6. The van der Waals surface area contributed by atoms with Crippen molar-refractivity contribution in [1.82, 2.24) is 10.2 Å². The molecule has 1 N–H and O–H groups in total. The fourth-order valence-corrected chi connectivity index (χ4v) is 4.68. The Balaban J connectivity index is 1.79. The molecule has 1 aromatic rings. The highest BCUT2D eigenvalue weighted by molar-refractivity contribution is 7.07. The lowest BCUT2D eigenvalue weighted by molar-refractivity contribution is -0.0160. The Kier molecular flexibility index (Phi) is 4.45. The average Bonchev–Trinajstić information content (AvgIpc) is 2.94. The van der Waals surface area contributed by atoms with Crippen molar-refractivity contribution in [1.29, 1.82) is 0 Å². The summed E-state index contributed by atoms with van der Waals surface area (Å²) in [5.74, 6) is 0. The number of nitrogens with one attached hydrogen (secondary N) is 1. The molecular weight excluding hydrogens is 276 g/mol. The summed E-state index contributed by atoms with van der Waals surface area (Å²) in [5.41, 5.74) is 2.25. The number of rotatable bonds is 2. The summed E-state index contributed by atoms with van der Waals surface area (Å²) in [7, 11) is 0. The van der Waals surface area contributed by atoms with Crippen molar-refractivity contribution in [3.05, 3.63) is 22.4 Å². The Morgan fingerprint density at radius 1 is 1.29 bits per heavy atom. The first-order chi connectivity index (χ1) is 10.00. The van der Waals surface area contributed by atoms with E-state index in [9.17, 15) is 0 Å². The summed E-state index contributed by atoms with van der Waals surface area (Å²) in [6, 6.07) is 2.90. The van der Waals surface area contributed by atoms with Crippen LogP contribution in [0.25, 0.3) is 0 Å². The predicted molar refractivity (Wildman–Crippen MR) is 91.8 cm³/mol. The lowest BCUT2D eigenvalue weighted by atomic mass is 9.75. The first-order valence-corrected chi connectivity index (χ1v) is 9.43. The van der Waals surface area contributed by atoms with E-state index in [0.717, 1.165) is 6.54 Å². The molecule has 1 spiro atoms. The van der Waals surface area contributed by atoms with E-state index in [2.05, 4.69) is 47.8 Å². The summed E-state index contributed by atoms with van der Waals surface area (Å²) in [4.78, 5) is 2.82. The predicted octanol–water partition coefficient (Wildman–Crippen LogP) is 4.27. The zero-order chi connectivity index (χ0) is 14.9. The number of hydrogen-bond donors (Lipinski definition) is 1. The summed E-state index contributed by atoms with van der Waals surface area (Å²) in [5, 5.41) is 8.43. The molecule has 2 fully saturated rings. The molecule has 2 aliphatic rings. The molecule has 0 radical (unpaired) electrons. The van der Waals surface area contributed by atoms with E-state index in [1.165, 1.54) is 50.8 Å². The van der Waals surface area contributed by atoms with Crippen LogP contribution >= 0.6 is 11.3 Å². The van der Waals surface area contributed by atoms with Gasteiger partial charge in [-0.25, -0.2) is 0 Å². The van der Waals surface area contributed by atoms with Gasteiger partial charge in [-0.15, -0.1) is 0 Å². The van der Waals surface area contributed by atoms with Gasteiger partial charge in [0, 0.05) is 31.2 Å². The molecule has 1 aliphatic carbocycles. The third kappa shape index (κ3) is 3.35. The van der Waals surface area contributed by atoms with E-state index < -0.39 is 0 Å². The molecule has 118 valence electrons. The molecule has 1 saturated heterocycles. The van der Waals surface area contributed by atoms with Gasteiger partial charge in [-0.3, -0.25) is 4.90 Å². The number of piperazine rings is 1. The Morgan fingerprint density at radius 3 is 2.67 bits per heavy atom. The topological polar surface area (TPSA) is 15.3 Å². The smallest absolute Gasteiger partial charge is 0.0338 e. The third-order valence-electron chi connectivity index (χ3n) is 5.53. The van der Waals surface area contributed by atoms with Gasteiger partial charge in [0.25, 0.3) is 0 Å². The van der Waals surface area contributed by atoms with Gasteiger partial charge in [-0.1, -0.05) is 40.0 Å². The maximum atomic E-state index is 3.89. The molecule has 0 aromatic carbocycles. The van der Waals surface area contributed by atoms with Crippen molar-refractivity contribution in [2.24, 2.45) is 5.41 Å². The maximum absolute atomic E-state index is 3.89. The van der Waals surface area contributed by atoms with Crippen molar-refractivity contribution in [2.45, 2.75) is 71.0 Å². The van der Waals surface area contributed by atoms with Crippen LogP contribution in [0, 0.1) is 5.41 Å². The number of hydrogen-bond acceptors (Lipinski definition) is 3. The summed E-state index contributed by atoms with van der Waals surface area (Å²) in [6.45, 7) is 10.6. The van der Waals surface area contributed by atoms with Crippen molar-refractivity contribution in [3.63, 3.8) is 0 Å². The molecule has 21 heavy (non-hydrogen) atoms. The van der Waals surface area contributed by atoms with Gasteiger partial charge >= 0.3 is 0 Å². The van der Waals surface area contributed by atoms with Gasteiger partial charge in [-0.2, -0.15) is 11.3 Å². The number of nitrogens with zero attached hydrogens (tertiary/aromatic N) is 1. The second-order valence-electron chi connectivity index (χ2n) is 8.10. The first-order valence-electron chi connectivity index (χ1n) is 8.49. The van der Waals surface area contributed by atoms with Crippen molar-refractivity contribution < 1.29 is 0 Å². The largest absolute Gasteiger partial charge is 0.310 e. The quantitative estimate of drug-likeness (QED) is 0.878. The van der Waals surface area contributed by atoms with Gasteiger partial charge in [0.15, 0.2) is 0 Å². The van der Waals surface area contributed by atoms with E-state index >= 15 is 0 Å². The van der Waals surface area contributed by atoms with E-state index in [1.54, 1.807) is 0 Å². The standard InChI is InChI=1S/C18H30N2S/c1-17(2,3)16-12-20(11-15-7-10-21-13-15)18(14-19-16)8-5-4-6-9-18/h7,10,13,16,19H,4-6,8-9,11-12,14H2,1-3H3. The molecule has 3 rings (SSSR count). The fourth-order valence-electron chi connectivity index (χ4n) is 4.02. The minimum atomic E-state index is 0.336. The molecular formula is C18H30N2S. The normalized spacial score (nSPS) is 27.1. The van der Waals surface area contributed by atoms with E-state index in [1.807, 2.05) is 11.3 Å². The molecule has 2 heterocycles. The van der Waals surface area contributed by atoms with E-state index in [4.69, 9.17) is 0 Å². The van der Waals surface area contributed by atoms with Gasteiger partial charge < -0.3 is 5.32 Å². The maximum Gasteiger partial charge on any atom is 0.0338 e. The molecule has 3 heteroatoms. The fraction of sp³-hybridized carbons (Fsp3) is 0.778. The van der Waals surface area contributed by atoms with Crippen LogP contribution < -0.4 is 5.32 Å². The van der Waals surface area contributed by atoms with Crippen LogP contribution in [0.3, 0.4) is 0 Å². The molecule has 1 saturated carbocycles. The molecule has 0 bridgehead atoms. The molecule has 1 atom stereocenters. The van der Waals surface area contributed by atoms with Crippen molar-refractivity contribution in [2.75, 3.05) is 13.1 Å². The molecule has 2 nitrogen and oxygen atoms in total. The SMILES string of the molecule is CC(C)(C)C1CN(Cc2ccsc2)C2(CCCCC2)CN1. The van der Waals surface area contributed by atoms with Crippen molar-refractivity contribution >= 4 is 11.3 Å². The van der Waals surface area contributed by atoms with Crippen LogP contribution in [0.15, 0.2) is 16.8 Å². The van der Waals surface area contributed by atoms with Crippen LogP contribution in [0.5, 0.6) is 0 Å². The molecule has 1 aromatic heterocycles. The lowest BCUT2D eigenvalue weighted by Crippen LogP contribution is -2.67. The second-order valence-corrected chi connectivity index (χ2v) is 8.88. The highest BCUT2D eigenvalue weighted by atomic mass is 32.1. The Hall–Kier alpha value is -0.380. The number of thiophene rings is 1. The monoisotopic (exact) mass is 306 g/mol. The highest BCUT2D eigenvalue weighted by Gasteiger charge is 2.44. The van der Waals surface area contributed by atoms with Crippen LogP contribution in [-0.2, 0) is 6.54 Å². The zero-order valence-electron chi connectivity index (χ0n) is 13.8. The minimum absolute atomic E-state index is 0.336. The van der Waals surface area contributed by atoms with Crippen LogP contribution in [-0.4, -0.2) is 29.6 Å². The third-order valence-corrected chi connectivity index (χ3v) is 6.27. The summed E-state index contributed by atoms with van der Waals surface area (Å²) < 4.78 is 0. The van der Waals surface area contributed by atoms with Crippen LogP contribution in [0.1, 0.15) is 58.4 Å². The van der Waals surface area contributed by atoms with Crippen LogP contribution in [0.4, 0.5) is 0 Å². The second kappa shape index (κ2) is 6.02.